The fraction of sp³-hybridized carbons (Fsp3) is 0.700. The number of imidazole rings is 1. The van der Waals surface area contributed by atoms with Crippen molar-refractivity contribution in [3.63, 3.8) is 0 Å². The van der Waals surface area contributed by atoms with Crippen LogP contribution in [0.25, 0.3) is 0 Å². The number of nitrogens with zero attached hydrogens (tertiary/aromatic N) is 2. The summed E-state index contributed by atoms with van der Waals surface area (Å²) in [4.78, 5) is 6.70. The Balaban J connectivity index is 2.44. The van der Waals surface area contributed by atoms with Crippen molar-refractivity contribution in [3.05, 3.63) is 23.4 Å². The number of rotatable bonds is 1. The number of aromatic amines is 1. The molecule has 1 aliphatic rings. The maximum Gasteiger partial charge on any atom is 0.212 e. The minimum absolute atomic E-state index is 0.0586. The molecule has 1 aliphatic heterocycles. The summed E-state index contributed by atoms with van der Waals surface area (Å²) in [5.74, 6) is 0. The summed E-state index contributed by atoms with van der Waals surface area (Å²) in [5, 5.41) is 25.3. The Morgan fingerprint density at radius 1 is 1.50 bits per heavy atom. The number of H-pyrrole nitrogens is 1. The third-order valence-electron chi connectivity index (χ3n) is 3.99. The van der Waals surface area contributed by atoms with Gasteiger partial charge in [-0.15, -0.1) is 5.21 Å². The van der Waals surface area contributed by atoms with E-state index in [1.54, 1.807) is 13.8 Å². The van der Waals surface area contributed by atoms with Gasteiger partial charge in [0.2, 0.25) is 6.17 Å². The van der Waals surface area contributed by atoms with Gasteiger partial charge in [0, 0.05) is 0 Å². The predicted molar refractivity (Wildman–Crippen MR) is 56.3 cm³/mol. The van der Waals surface area contributed by atoms with E-state index >= 15 is 0 Å². The summed E-state index contributed by atoms with van der Waals surface area (Å²) in [6, 6.07) is 0. The molecule has 0 amide bonds. The van der Waals surface area contributed by atoms with Crippen molar-refractivity contribution in [1.82, 2.24) is 15.0 Å². The molecule has 2 heterocycles. The van der Waals surface area contributed by atoms with E-state index in [0.29, 0.717) is 5.69 Å². The van der Waals surface area contributed by atoms with Crippen molar-refractivity contribution in [2.24, 2.45) is 0 Å². The predicted octanol–water partition coefficient (Wildman–Crippen LogP) is 0.00930. The summed E-state index contributed by atoms with van der Waals surface area (Å²) < 4.78 is 0. The van der Waals surface area contributed by atoms with Gasteiger partial charge in [-0.3, -0.25) is 0 Å². The smallest absolute Gasteiger partial charge is 0.212 e. The fourth-order valence-electron chi connectivity index (χ4n) is 2.03. The first-order valence-corrected chi connectivity index (χ1v) is 5.29. The molecule has 2 N–H and O–H groups in total. The Bertz CT molecular complexity index is 354. The van der Waals surface area contributed by atoms with E-state index in [4.69, 9.17) is 0 Å². The van der Waals surface area contributed by atoms with E-state index in [2.05, 4.69) is 9.97 Å². The highest BCUT2D eigenvalue weighted by Crippen LogP contribution is 2.35. The van der Waals surface area contributed by atoms with Gasteiger partial charge in [-0.2, -0.15) is 0 Å². The second-order valence-electron chi connectivity index (χ2n) is 5.28. The van der Waals surface area contributed by atoms with Crippen LogP contribution in [0.2, 0.25) is 0 Å². The number of hydrogen-bond acceptors (Lipinski definition) is 3. The molecule has 0 aliphatic carbocycles. The van der Waals surface area contributed by atoms with Gasteiger partial charge in [0.1, 0.15) is 16.8 Å². The van der Waals surface area contributed by atoms with Crippen LogP contribution in [0, 0.1) is 5.21 Å². The van der Waals surface area contributed by atoms with E-state index in [-0.39, 0.29) is 5.06 Å². The van der Waals surface area contributed by atoms with Crippen LogP contribution in [0.1, 0.15) is 39.6 Å². The van der Waals surface area contributed by atoms with Gasteiger partial charge in [-0.25, -0.2) is 4.98 Å². The van der Waals surface area contributed by atoms with Crippen LogP contribution in [0.4, 0.5) is 0 Å². The maximum atomic E-state index is 12.3. The Morgan fingerprint density at radius 2 is 2.12 bits per heavy atom. The van der Waals surface area contributed by atoms with Crippen LogP contribution in [-0.4, -0.2) is 26.1 Å². The monoisotopic (exact) mass is 225 g/mol. The molecule has 1 fully saturated rings. The van der Waals surface area contributed by atoms with Crippen LogP contribution in [0.15, 0.2) is 12.5 Å². The Kier molecular flexibility index (Phi) is 2.36. The Hall–Kier alpha value is -0.950. The summed E-state index contributed by atoms with van der Waals surface area (Å²) in [6.45, 7) is 7.23. The van der Waals surface area contributed by atoms with E-state index in [1.165, 1.54) is 12.5 Å². The summed E-state index contributed by atoms with van der Waals surface area (Å²) in [5.41, 5.74) is -0.802. The van der Waals surface area contributed by atoms with Crippen molar-refractivity contribution >= 4 is 0 Å². The van der Waals surface area contributed by atoms with E-state index < -0.39 is 17.2 Å². The molecule has 1 saturated heterocycles. The lowest BCUT2D eigenvalue weighted by Crippen LogP contribution is -3.14. The molecule has 0 aromatic carbocycles. The van der Waals surface area contributed by atoms with E-state index in [9.17, 15) is 10.4 Å². The third-order valence-corrected chi connectivity index (χ3v) is 3.99. The number of quaternary nitrogens is 1. The highest BCUT2D eigenvalue weighted by Gasteiger charge is 2.60. The Labute approximate surface area is 94.4 Å². The van der Waals surface area contributed by atoms with Crippen LogP contribution in [0.3, 0.4) is 0 Å². The Morgan fingerprint density at radius 3 is 2.50 bits per heavy atom. The highest BCUT2D eigenvalue weighted by atomic mass is 16.6. The zero-order valence-electron chi connectivity index (χ0n) is 9.94. The minimum atomic E-state index is -0.757. The molecule has 6 nitrogen and oxygen atoms in total. The molecule has 1 aromatic heterocycles. The SMILES string of the molecule is CC1(C)N([O])C(c2cnc[nH]2)[NH+]([O-])C1(C)C. The van der Waals surface area contributed by atoms with Gasteiger partial charge >= 0.3 is 0 Å². The minimum Gasteiger partial charge on any atom is -0.632 e. The lowest BCUT2D eigenvalue weighted by molar-refractivity contribution is -0.926. The molecular weight excluding hydrogens is 208 g/mol. The number of aromatic nitrogens is 2. The van der Waals surface area contributed by atoms with Gasteiger partial charge in [0.05, 0.1) is 12.5 Å². The first-order valence-electron chi connectivity index (χ1n) is 5.29. The molecule has 89 valence electrons. The molecular formula is C10H17N4O2. The van der Waals surface area contributed by atoms with Crippen molar-refractivity contribution in [2.75, 3.05) is 0 Å². The second kappa shape index (κ2) is 3.27. The van der Waals surface area contributed by atoms with E-state index in [1.807, 2.05) is 13.8 Å². The first kappa shape index (κ1) is 11.5. The summed E-state index contributed by atoms with van der Waals surface area (Å²) in [6.07, 6.45) is 2.26. The molecule has 0 saturated carbocycles. The average molecular weight is 225 g/mol. The second-order valence-corrected chi connectivity index (χ2v) is 5.28. The highest BCUT2D eigenvalue weighted by molar-refractivity contribution is 5.07. The molecule has 16 heavy (non-hydrogen) atoms. The molecule has 2 rings (SSSR count). The maximum absolute atomic E-state index is 12.3. The quantitative estimate of drug-likeness (QED) is 0.661. The van der Waals surface area contributed by atoms with Gasteiger partial charge in [-0.05, 0) is 27.7 Å². The number of hydrogen-bond donors (Lipinski definition) is 2. The van der Waals surface area contributed by atoms with Crippen molar-refractivity contribution in [3.8, 4) is 0 Å². The third kappa shape index (κ3) is 1.24. The fourth-order valence-corrected chi connectivity index (χ4v) is 2.03. The van der Waals surface area contributed by atoms with Crippen molar-refractivity contribution < 1.29 is 10.3 Å². The lowest BCUT2D eigenvalue weighted by Gasteiger charge is -2.38. The first-order chi connectivity index (χ1) is 7.30. The van der Waals surface area contributed by atoms with Gasteiger partial charge in [-0.1, -0.05) is 5.06 Å². The average Bonchev–Trinajstić information content (AvgIpc) is 2.73. The standard InChI is InChI=1S/C10H17N4O2/c1-9(2)10(3,4)14(16)8(13(9)15)7-5-11-6-12-7/h5-6,8,13H,1-4H3,(H,11,12). The molecule has 2 atom stereocenters. The van der Waals surface area contributed by atoms with Crippen molar-refractivity contribution in [1.29, 1.82) is 0 Å². The van der Waals surface area contributed by atoms with Crippen molar-refractivity contribution in [2.45, 2.75) is 44.9 Å². The van der Waals surface area contributed by atoms with Gasteiger partial charge < -0.3 is 15.3 Å². The zero-order valence-corrected chi connectivity index (χ0v) is 9.94. The topological polar surface area (TPSA) is 79.3 Å². The lowest BCUT2D eigenvalue weighted by atomic mass is 9.84. The van der Waals surface area contributed by atoms with Crippen LogP contribution in [-0.2, 0) is 5.21 Å². The molecule has 6 heteroatoms. The van der Waals surface area contributed by atoms with Crippen LogP contribution in [0.5, 0.6) is 0 Å². The van der Waals surface area contributed by atoms with Gasteiger partial charge in [0.25, 0.3) is 0 Å². The van der Waals surface area contributed by atoms with Crippen LogP contribution < -0.4 is 5.06 Å². The summed E-state index contributed by atoms with van der Waals surface area (Å²) in [7, 11) is 0. The van der Waals surface area contributed by atoms with Crippen LogP contribution >= 0.6 is 0 Å². The molecule has 1 radical (unpaired) electrons. The zero-order chi connectivity index (χ0) is 12.1. The number of hydroxylamine groups is 4. The molecule has 0 spiro atoms. The number of nitrogens with one attached hydrogen (secondary N) is 2. The summed E-state index contributed by atoms with van der Waals surface area (Å²) >= 11 is 0. The normalized spacial score (nSPS) is 33.1. The van der Waals surface area contributed by atoms with E-state index in [0.717, 1.165) is 5.06 Å². The van der Waals surface area contributed by atoms with Gasteiger partial charge in [0.15, 0.2) is 0 Å². The molecule has 1 aromatic rings. The largest absolute Gasteiger partial charge is 0.632 e. The molecule has 2 unspecified atom stereocenters. The molecule has 0 bridgehead atoms.